The lowest BCUT2D eigenvalue weighted by Gasteiger charge is -2.12. The molecule has 1 aromatic rings. The first-order valence-electron chi connectivity index (χ1n) is 7.85. The van der Waals surface area contributed by atoms with Crippen molar-refractivity contribution in [2.75, 3.05) is 25.4 Å². The van der Waals surface area contributed by atoms with Crippen molar-refractivity contribution in [3.63, 3.8) is 0 Å². The molecule has 0 aromatic heterocycles. The van der Waals surface area contributed by atoms with Crippen LogP contribution in [0.2, 0.25) is 0 Å². The summed E-state index contributed by atoms with van der Waals surface area (Å²) in [4.78, 5) is 12.4. The molecule has 1 fully saturated rings. The topological polar surface area (TPSA) is 75.3 Å². The number of benzene rings is 1. The van der Waals surface area contributed by atoms with Crippen LogP contribution in [0.3, 0.4) is 0 Å². The van der Waals surface area contributed by atoms with E-state index in [2.05, 4.69) is 10.6 Å². The summed E-state index contributed by atoms with van der Waals surface area (Å²) in [5.74, 6) is 0.353. The Morgan fingerprint density at radius 3 is 2.74 bits per heavy atom. The smallest absolute Gasteiger partial charge is 0.252 e. The highest BCUT2D eigenvalue weighted by molar-refractivity contribution is 7.91. The van der Waals surface area contributed by atoms with Gasteiger partial charge in [0.2, 0.25) is 0 Å². The lowest BCUT2D eigenvalue weighted by atomic mass is 10.1. The summed E-state index contributed by atoms with van der Waals surface area (Å²) in [7, 11) is -3.40. The molecule has 0 aliphatic carbocycles. The Hall–Kier alpha value is -1.11. The number of hydrogen-bond donors (Lipinski definition) is 2. The first-order valence-corrected chi connectivity index (χ1v) is 9.50. The van der Waals surface area contributed by atoms with Gasteiger partial charge >= 0.3 is 0 Å². The average molecular weight is 361 g/mol. The highest BCUT2D eigenvalue weighted by Crippen LogP contribution is 2.18. The monoisotopic (exact) mass is 360 g/mol. The number of carbonyl (C=O) groups excluding carboxylic acids is 1. The maximum Gasteiger partial charge on any atom is 0.252 e. The Labute approximate surface area is 144 Å². The molecule has 2 rings (SSSR count). The van der Waals surface area contributed by atoms with Crippen molar-refractivity contribution in [1.82, 2.24) is 10.6 Å². The molecule has 0 radical (unpaired) electrons. The molecular formula is C16H25ClN2O3S. The van der Waals surface area contributed by atoms with Crippen LogP contribution in [0, 0.1) is 5.92 Å². The zero-order chi connectivity index (χ0) is 16.0. The minimum Gasteiger partial charge on any atom is -0.352 e. The van der Waals surface area contributed by atoms with Crippen molar-refractivity contribution in [3.05, 3.63) is 29.8 Å². The fraction of sp³-hybridized carbons (Fsp3) is 0.562. The van der Waals surface area contributed by atoms with E-state index in [9.17, 15) is 13.2 Å². The molecule has 1 heterocycles. The van der Waals surface area contributed by atoms with Crippen molar-refractivity contribution >= 4 is 28.2 Å². The van der Waals surface area contributed by atoms with Crippen LogP contribution in [0.4, 0.5) is 0 Å². The highest BCUT2D eigenvalue weighted by atomic mass is 35.5. The van der Waals surface area contributed by atoms with Gasteiger partial charge in [-0.3, -0.25) is 4.79 Å². The van der Waals surface area contributed by atoms with Crippen LogP contribution < -0.4 is 10.6 Å². The highest BCUT2D eigenvalue weighted by Gasteiger charge is 2.21. The largest absolute Gasteiger partial charge is 0.352 e. The van der Waals surface area contributed by atoms with E-state index in [1.165, 1.54) is 6.07 Å². The van der Waals surface area contributed by atoms with Gasteiger partial charge in [-0.15, -0.1) is 12.4 Å². The van der Waals surface area contributed by atoms with Gasteiger partial charge in [-0.05, 0) is 50.4 Å². The van der Waals surface area contributed by atoms with Gasteiger partial charge in [-0.25, -0.2) is 8.42 Å². The molecule has 1 aliphatic rings. The van der Waals surface area contributed by atoms with E-state index < -0.39 is 9.84 Å². The molecule has 1 saturated heterocycles. The predicted octanol–water partition coefficient (Wildman–Crippen LogP) is 2.02. The zero-order valence-electron chi connectivity index (χ0n) is 13.4. The van der Waals surface area contributed by atoms with E-state index in [0.29, 0.717) is 18.9 Å². The maximum atomic E-state index is 12.3. The van der Waals surface area contributed by atoms with Crippen LogP contribution >= 0.6 is 12.4 Å². The van der Waals surface area contributed by atoms with Crippen LogP contribution in [-0.2, 0) is 9.84 Å². The molecule has 2 N–H and O–H groups in total. The third-order valence-corrected chi connectivity index (χ3v) is 5.91. The summed E-state index contributed by atoms with van der Waals surface area (Å²) in [6.45, 7) is 4.43. The van der Waals surface area contributed by atoms with E-state index in [1.54, 1.807) is 18.2 Å². The minimum absolute atomic E-state index is 0. The molecular weight excluding hydrogens is 336 g/mol. The predicted molar refractivity (Wildman–Crippen MR) is 94.0 cm³/mol. The lowest BCUT2D eigenvalue weighted by Crippen LogP contribution is -2.28. The molecule has 1 atom stereocenters. The third kappa shape index (κ3) is 5.48. The Kier molecular flexibility index (Phi) is 8.02. The van der Waals surface area contributed by atoms with Crippen LogP contribution in [-0.4, -0.2) is 39.7 Å². The molecule has 23 heavy (non-hydrogen) atoms. The van der Waals surface area contributed by atoms with Crippen molar-refractivity contribution in [2.45, 2.75) is 31.1 Å². The number of rotatable bonds is 7. The fourth-order valence-electron chi connectivity index (χ4n) is 2.75. The minimum atomic E-state index is -3.40. The van der Waals surface area contributed by atoms with Crippen LogP contribution in [0.1, 0.15) is 36.5 Å². The molecule has 1 unspecified atom stereocenters. The zero-order valence-corrected chi connectivity index (χ0v) is 15.0. The second kappa shape index (κ2) is 9.25. The molecule has 0 saturated carbocycles. The van der Waals surface area contributed by atoms with Gasteiger partial charge in [0.1, 0.15) is 0 Å². The summed E-state index contributed by atoms with van der Waals surface area (Å²) < 4.78 is 24.5. The maximum absolute atomic E-state index is 12.3. The fourth-order valence-corrected chi connectivity index (χ4v) is 4.29. The van der Waals surface area contributed by atoms with Crippen molar-refractivity contribution < 1.29 is 13.2 Å². The molecule has 7 heteroatoms. The molecule has 130 valence electrons. The molecule has 1 aliphatic heterocycles. The Bertz CT molecular complexity index is 614. The second-order valence-corrected chi connectivity index (χ2v) is 7.80. The molecule has 1 aromatic carbocycles. The second-order valence-electron chi connectivity index (χ2n) is 5.72. The average Bonchev–Trinajstić information content (AvgIpc) is 3.00. The number of sulfone groups is 1. The van der Waals surface area contributed by atoms with Crippen molar-refractivity contribution in [3.8, 4) is 0 Å². The third-order valence-electron chi connectivity index (χ3n) is 3.94. The molecule has 0 bridgehead atoms. The van der Waals surface area contributed by atoms with Gasteiger partial charge < -0.3 is 10.6 Å². The van der Waals surface area contributed by atoms with Gasteiger partial charge in [-0.2, -0.15) is 0 Å². The number of hydrogen-bond acceptors (Lipinski definition) is 4. The van der Waals surface area contributed by atoms with Gasteiger partial charge in [0.15, 0.2) is 9.84 Å². The van der Waals surface area contributed by atoms with Gasteiger partial charge in [0.05, 0.1) is 16.2 Å². The lowest BCUT2D eigenvalue weighted by molar-refractivity contribution is 0.0948. The molecule has 1 amide bonds. The number of carbonyl (C=O) groups is 1. The molecule has 5 nitrogen and oxygen atoms in total. The van der Waals surface area contributed by atoms with Crippen LogP contribution in [0.15, 0.2) is 29.2 Å². The number of halogens is 1. The van der Waals surface area contributed by atoms with E-state index in [4.69, 9.17) is 0 Å². The number of amides is 1. The normalized spacial score (nSPS) is 17.5. The Balaban J connectivity index is 0.00000264. The summed E-state index contributed by atoms with van der Waals surface area (Å²) in [6, 6.07) is 6.44. The van der Waals surface area contributed by atoms with Gasteiger partial charge in [0.25, 0.3) is 5.91 Å². The number of nitrogens with one attached hydrogen (secondary N) is 2. The summed E-state index contributed by atoms with van der Waals surface area (Å²) in [5, 5.41) is 6.14. The first-order chi connectivity index (χ1) is 10.5. The molecule has 0 spiro atoms. The summed E-state index contributed by atoms with van der Waals surface area (Å²) >= 11 is 0. The van der Waals surface area contributed by atoms with E-state index in [-0.39, 0.29) is 34.5 Å². The van der Waals surface area contributed by atoms with Crippen molar-refractivity contribution in [1.29, 1.82) is 0 Å². The summed E-state index contributed by atoms with van der Waals surface area (Å²) in [5.41, 5.74) is 0.250. The standard InChI is InChI=1S/C16H24N2O3S.ClH/c1-2-11-22(20,21)15-6-4-3-5-14(15)16(19)18-10-8-13-7-9-17-12-13;/h3-6,13,17H,2,7-12H2,1H3,(H,18,19);1H. The van der Waals surface area contributed by atoms with E-state index in [0.717, 1.165) is 25.9 Å². The quantitative estimate of drug-likeness (QED) is 0.780. The van der Waals surface area contributed by atoms with E-state index in [1.807, 2.05) is 6.92 Å². The van der Waals surface area contributed by atoms with Gasteiger partial charge in [-0.1, -0.05) is 19.1 Å². The van der Waals surface area contributed by atoms with Gasteiger partial charge in [0, 0.05) is 6.54 Å². The summed E-state index contributed by atoms with van der Waals surface area (Å²) in [6.07, 6.45) is 2.59. The van der Waals surface area contributed by atoms with Crippen LogP contribution in [0.5, 0.6) is 0 Å². The van der Waals surface area contributed by atoms with Crippen LogP contribution in [0.25, 0.3) is 0 Å². The Morgan fingerprint density at radius 2 is 2.09 bits per heavy atom. The Morgan fingerprint density at radius 1 is 1.35 bits per heavy atom. The SMILES string of the molecule is CCCS(=O)(=O)c1ccccc1C(=O)NCCC1CCNC1.Cl. The van der Waals surface area contributed by atoms with Crippen molar-refractivity contribution in [2.24, 2.45) is 5.92 Å². The first kappa shape index (κ1) is 19.9. The van der Waals surface area contributed by atoms with E-state index >= 15 is 0 Å².